The van der Waals surface area contributed by atoms with Crippen molar-refractivity contribution in [2.75, 3.05) is 0 Å². The molecule has 5 rings (SSSR count). The van der Waals surface area contributed by atoms with Gasteiger partial charge in [0.05, 0.1) is 12.7 Å². The van der Waals surface area contributed by atoms with Crippen LogP contribution in [-0.2, 0) is 6.54 Å². The third-order valence-electron chi connectivity index (χ3n) is 5.00. The zero-order valence-corrected chi connectivity index (χ0v) is 13.8. The van der Waals surface area contributed by atoms with Crippen molar-refractivity contribution in [3.8, 4) is 11.3 Å². The largest absolute Gasteiger partial charge is 0.287 e. The molecule has 3 aromatic heterocycles. The highest BCUT2D eigenvalue weighted by Gasteiger charge is 2.30. The second-order valence-electron chi connectivity index (χ2n) is 6.58. The van der Waals surface area contributed by atoms with Crippen molar-refractivity contribution in [2.45, 2.75) is 32.2 Å². The summed E-state index contributed by atoms with van der Waals surface area (Å²) in [6.07, 6.45) is 4.70. The molecule has 1 saturated carbocycles. The highest BCUT2D eigenvalue weighted by atomic mass is 15.1. The number of rotatable bonds is 3. The van der Waals surface area contributed by atoms with Crippen LogP contribution in [0.15, 0.2) is 60.8 Å². The summed E-state index contributed by atoms with van der Waals surface area (Å²) >= 11 is 0. The van der Waals surface area contributed by atoms with E-state index < -0.39 is 0 Å². The second-order valence-corrected chi connectivity index (χ2v) is 6.58. The third-order valence-corrected chi connectivity index (χ3v) is 5.00. The van der Waals surface area contributed by atoms with Gasteiger partial charge in [0.25, 0.3) is 5.65 Å². The normalized spacial score (nSPS) is 14.5. The van der Waals surface area contributed by atoms with Gasteiger partial charge < -0.3 is 0 Å². The van der Waals surface area contributed by atoms with Gasteiger partial charge in [-0.25, -0.2) is 9.55 Å². The fourth-order valence-corrected chi connectivity index (χ4v) is 3.67. The molecule has 0 atom stereocenters. The molecule has 0 amide bonds. The highest BCUT2D eigenvalue weighted by molar-refractivity contribution is 5.89. The minimum atomic E-state index is 0.640. The van der Waals surface area contributed by atoms with Gasteiger partial charge >= 0.3 is 0 Å². The first kappa shape index (κ1) is 13.7. The Balaban J connectivity index is 1.95. The lowest BCUT2D eigenvalue weighted by Gasteiger charge is -2.05. The monoisotopic (exact) mass is 314 g/mol. The van der Waals surface area contributed by atoms with E-state index in [4.69, 9.17) is 4.98 Å². The molecule has 24 heavy (non-hydrogen) atoms. The number of imidazole rings is 1. The molecule has 1 aliphatic rings. The van der Waals surface area contributed by atoms with Crippen LogP contribution in [0, 0.1) is 0 Å². The molecule has 3 heterocycles. The van der Waals surface area contributed by atoms with Gasteiger partial charge in [-0.2, -0.15) is 4.40 Å². The molecular weight excluding hydrogens is 294 g/mol. The van der Waals surface area contributed by atoms with Crippen molar-refractivity contribution < 1.29 is 4.57 Å². The van der Waals surface area contributed by atoms with Gasteiger partial charge in [0.15, 0.2) is 5.52 Å². The Kier molecular flexibility index (Phi) is 2.96. The van der Waals surface area contributed by atoms with Crippen molar-refractivity contribution in [3.63, 3.8) is 0 Å². The number of aromatic nitrogens is 3. The first-order valence-corrected chi connectivity index (χ1v) is 8.76. The summed E-state index contributed by atoms with van der Waals surface area (Å²) in [5, 5.41) is 0. The summed E-state index contributed by atoms with van der Waals surface area (Å²) in [5.74, 6) is 0.640. The fourth-order valence-electron chi connectivity index (χ4n) is 3.67. The van der Waals surface area contributed by atoms with Gasteiger partial charge in [-0.05, 0) is 25.8 Å². The first-order valence-electron chi connectivity index (χ1n) is 8.76. The van der Waals surface area contributed by atoms with Crippen LogP contribution in [0.3, 0.4) is 0 Å². The van der Waals surface area contributed by atoms with E-state index in [9.17, 15) is 0 Å². The van der Waals surface area contributed by atoms with Crippen LogP contribution in [0.25, 0.3) is 27.9 Å². The Hall–Kier alpha value is -2.68. The minimum absolute atomic E-state index is 0.640. The van der Waals surface area contributed by atoms with Crippen LogP contribution >= 0.6 is 0 Å². The average molecular weight is 314 g/mol. The van der Waals surface area contributed by atoms with E-state index in [1.807, 2.05) is 0 Å². The lowest BCUT2D eigenvalue weighted by molar-refractivity contribution is -0.641. The van der Waals surface area contributed by atoms with E-state index in [0.717, 1.165) is 12.2 Å². The van der Waals surface area contributed by atoms with Crippen molar-refractivity contribution >= 4 is 16.7 Å². The molecule has 4 aromatic rings. The van der Waals surface area contributed by atoms with Gasteiger partial charge in [-0.1, -0.05) is 36.4 Å². The summed E-state index contributed by atoms with van der Waals surface area (Å²) < 4.78 is 4.68. The molecule has 1 aromatic carbocycles. The summed E-state index contributed by atoms with van der Waals surface area (Å²) in [5.41, 5.74) is 7.28. The Labute approximate surface area is 141 Å². The molecule has 1 fully saturated rings. The van der Waals surface area contributed by atoms with Crippen molar-refractivity contribution in [1.29, 1.82) is 0 Å². The maximum atomic E-state index is 5.10. The molecule has 3 heteroatoms. The molecule has 1 aliphatic carbocycles. The Morgan fingerprint density at radius 2 is 1.88 bits per heavy atom. The lowest BCUT2D eigenvalue weighted by Crippen LogP contribution is -2.32. The van der Waals surface area contributed by atoms with E-state index in [0.29, 0.717) is 5.92 Å². The van der Waals surface area contributed by atoms with Gasteiger partial charge in [0.2, 0.25) is 5.52 Å². The van der Waals surface area contributed by atoms with E-state index in [1.165, 1.54) is 40.8 Å². The predicted molar refractivity (Wildman–Crippen MR) is 96.0 cm³/mol. The van der Waals surface area contributed by atoms with E-state index in [1.54, 1.807) is 0 Å². The van der Waals surface area contributed by atoms with E-state index >= 15 is 0 Å². The smallest absolute Gasteiger partial charge is 0.248 e. The molecular formula is C21H20N3+. The first-order chi connectivity index (χ1) is 11.9. The van der Waals surface area contributed by atoms with E-state index in [-0.39, 0.29) is 0 Å². The zero-order chi connectivity index (χ0) is 16.1. The van der Waals surface area contributed by atoms with Crippen LogP contribution in [0.5, 0.6) is 0 Å². The average Bonchev–Trinajstić information content (AvgIpc) is 3.44. The summed E-state index contributed by atoms with van der Waals surface area (Å²) in [6, 6.07) is 19.3. The highest BCUT2D eigenvalue weighted by Crippen LogP contribution is 2.41. The maximum absolute atomic E-state index is 5.10. The number of fused-ring (bicyclic) bond motifs is 3. The number of aryl methyl sites for hydroxylation is 1. The number of hydrogen-bond donors (Lipinski definition) is 0. The van der Waals surface area contributed by atoms with Crippen LogP contribution in [0.4, 0.5) is 0 Å². The van der Waals surface area contributed by atoms with E-state index in [2.05, 4.69) is 76.7 Å². The van der Waals surface area contributed by atoms with Crippen LogP contribution in [0.2, 0.25) is 0 Å². The Morgan fingerprint density at radius 1 is 1.08 bits per heavy atom. The second kappa shape index (κ2) is 5.17. The predicted octanol–water partition coefficient (Wildman–Crippen LogP) is 4.34. The number of nitrogens with zero attached hydrogens (tertiary/aromatic N) is 3. The quantitative estimate of drug-likeness (QED) is 0.515. The van der Waals surface area contributed by atoms with Gasteiger partial charge in [-0.15, -0.1) is 0 Å². The lowest BCUT2D eigenvalue weighted by atomic mass is 10.1. The minimum Gasteiger partial charge on any atom is -0.248 e. The van der Waals surface area contributed by atoms with Gasteiger partial charge in [0, 0.05) is 29.3 Å². The van der Waals surface area contributed by atoms with Crippen molar-refractivity contribution in [3.05, 3.63) is 66.5 Å². The van der Waals surface area contributed by atoms with Crippen molar-refractivity contribution in [2.24, 2.45) is 0 Å². The summed E-state index contributed by atoms with van der Waals surface area (Å²) in [4.78, 5) is 5.10. The van der Waals surface area contributed by atoms with Crippen LogP contribution in [-0.4, -0.2) is 9.38 Å². The van der Waals surface area contributed by atoms with Gasteiger partial charge in [-0.3, -0.25) is 0 Å². The Morgan fingerprint density at radius 3 is 2.62 bits per heavy atom. The summed E-state index contributed by atoms with van der Waals surface area (Å²) in [7, 11) is 0. The molecule has 3 nitrogen and oxygen atoms in total. The molecule has 0 saturated heterocycles. The number of hydrogen-bond acceptors (Lipinski definition) is 1. The molecule has 0 N–H and O–H groups in total. The standard InChI is InChI=1S/C21H20N3/c1-2-23-19-10-6-7-13-24(19)18-14-17(15-11-12-15)22-20(21(18)23)16-8-4-3-5-9-16/h3-10,13-15H,2,11-12H2,1H3/q+1. The van der Waals surface area contributed by atoms with Crippen molar-refractivity contribution in [1.82, 2.24) is 9.38 Å². The SMILES string of the molecule is CC[n+]1c2c(-c3ccccc3)nc(C3CC3)cc2n2ccccc21. The summed E-state index contributed by atoms with van der Waals surface area (Å²) in [6.45, 7) is 3.14. The molecule has 0 bridgehead atoms. The molecule has 0 spiro atoms. The fraction of sp³-hybridized carbons (Fsp3) is 0.238. The topological polar surface area (TPSA) is 21.2 Å². The number of pyridine rings is 2. The van der Waals surface area contributed by atoms with Crippen LogP contribution < -0.4 is 4.57 Å². The number of benzene rings is 1. The molecule has 118 valence electrons. The van der Waals surface area contributed by atoms with Gasteiger partial charge in [0.1, 0.15) is 5.69 Å². The maximum Gasteiger partial charge on any atom is 0.287 e. The molecule has 0 aliphatic heterocycles. The Bertz CT molecular complexity index is 1040. The zero-order valence-electron chi connectivity index (χ0n) is 13.8. The molecule has 0 unspecified atom stereocenters. The third kappa shape index (κ3) is 1.97. The molecule has 0 radical (unpaired) electrons. The van der Waals surface area contributed by atoms with Crippen LogP contribution in [0.1, 0.15) is 31.4 Å².